The Bertz CT molecular complexity index is 603. The molecule has 0 aliphatic heterocycles. The van der Waals surface area contributed by atoms with Gasteiger partial charge in [-0.1, -0.05) is 53.0 Å². The molecule has 2 rings (SSSR count). The van der Waals surface area contributed by atoms with Crippen LogP contribution in [0, 0.1) is 0 Å². The van der Waals surface area contributed by atoms with Crippen LogP contribution in [0.25, 0.3) is 0 Å². The molecule has 0 radical (unpaired) electrons. The second kappa shape index (κ2) is 6.49. The van der Waals surface area contributed by atoms with Crippen molar-refractivity contribution >= 4 is 40.8 Å². The molecule has 0 heterocycles. The lowest BCUT2D eigenvalue weighted by molar-refractivity contribution is -0.138. The first-order valence-corrected chi connectivity index (χ1v) is 7.03. The van der Waals surface area contributed by atoms with Gasteiger partial charge in [0.05, 0.1) is 5.92 Å². The fourth-order valence-electron chi connectivity index (χ4n) is 1.97. The monoisotopic (exact) mass is 328 g/mol. The molecule has 0 bridgehead atoms. The predicted molar refractivity (Wildman–Crippen MR) is 82.0 cm³/mol. The summed E-state index contributed by atoms with van der Waals surface area (Å²) in [6.07, 6.45) is 0.232. The molecule has 2 nitrogen and oxygen atoms in total. The zero-order valence-electron chi connectivity index (χ0n) is 10.3. The smallest absolute Gasteiger partial charge is 0.311 e. The van der Waals surface area contributed by atoms with Crippen LogP contribution in [0.15, 0.2) is 42.5 Å². The van der Waals surface area contributed by atoms with E-state index in [0.717, 1.165) is 0 Å². The number of halogens is 3. The Morgan fingerprint density at radius 2 is 1.55 bits per heavy atom. The lowest BCUT2D eigenvalue weighted by Crippen LogP contribution is -2.14. The van der Waals surface area contributed by atoms with E-state index >= 15 is 0 Å². The Morgan fingerprint density at radius 1 is 1.00 bits per heavy atom. The zero-order valence-corrected chi connectivity index (χ0v) is 12.6. The molecule has 0 fully saturated rings. The van der Waals surface area contributed by atoms with Gasteiger partial charge in [-0.3, -0.25) is 4.79 Å². The average Bonchev–Trinajstić information content (AvgIpc) is 2.39. The maximum Gasteiger partial charge on any atom is 0.311 e. The van der Waals surface area contributed by atoms with Crippen molar-refractivity contribution in [2.24, 2.45) is 0 Å². The first kappa shape index (κ1) is 15.2. The number of carbonyl (C=O) groups is 1. The van der Waals surface area contributed by atoms with Crippen LogP contribution in [0.5, 0.6) is 0 Å². The van der Waals surface area contributed by atoms with Crippen molar-refractivity contribution < 1.29 is 9.90 Å². The summed E-state index contributed by atoms with van der Waals surface area (Å²) in [5, 5.41) is 10.9. The predicted octanol–water partition coefficient (Wildman–Crippen LogP) is 5.06. The van der Waals surface area contributed by atoms with Crippen molar-refractivity contribution in [3.63, 3.8) is 0 Å². The third-order valence-electron chi connectivity index (χ3n) is 3.04. The van der Waals surface area contributed by atoms with E-state index in [1.807, 2.05) is 0 Å². The van der Waals surface area contributed by atoms with Gasteiger partial charge in [0.25, 0.3) is 0 Å². The van der Waals surface area contributed by atoms with Gasteiger partial charge in [-0.2, -0.15) is 0 Å². The average molecular weight is 330 g/mol. The van der Waals surface area contributed by atoms with Crippen molar-refractivity contribution in [1.29, 1.82) is 0 Å². The molecule has 0 aliphatic carbocycles. The van der Waals surface area contributed by atoms with Crippen molar-refractivity contribution in [1.82, 2.24) is 0 Å². The molecule has 0 saturated heterocycles. The lowest BCUT2D eigenvalue weighted by atomic mass is 9.92. The fourth-order valence-corrected chi connectivity index (χ4v) is 2.65. The fraction of sp³-hybridized carbons (Fsp3) is 0.133. The molecule has 1 unspecified atom stereocenters. The molecule has 0 aromatic heterocycles. The van der Waals surface area contributed by atoms with E-state index in [-0.39, 0.29) is 6.42 Å². The maximum atomic E-state index is 11.5. The van der Waals surface area contributed by atoms with Crippen molar-refractivity contribution in [3.8, 4) is 0 Å². The second-order valence-corrected chi connectivity index (χ2v) is 5.60. The SMILES string of the molecule is O=C(O)C(Cc1c(Cl)cccc1Cl)c1ccc(Cl)cc1. The molecule has 2 aromatic carbocycles. The van der Waals surface area contributed by atoms with E-state index in [2.05, 4.69) is 0 Å². The number of carboxylic acids is 1. The first-order valence-electron chi connectivity index (χ1n) is 5.90. The Balaban J connectivity index is 2.35. The Hall–Kier alpha value is -1.22. The normalized spacial score (nSPS) is 12.2. The molecule has 20 heavy (non-hydrogen) atoms. The number of carboxylic acid groups (broad SMARTS) is 1. The Kier molecular flexibility index (Phi) is 4.92. The lowest BCUT2D eigenvalue weighted by Gasteiger charge is -2.15. The van der Waals surface area contributed by atoms with E-state index in [1.165, 1.54) is 0 Å². The molecule has 104 valence electrons. The van der Waals surface area contributed by atoms with Crippen LogP contribution in [0.4, 0.5) is 0 Å². The van der Waals surface area contributed by atoms with Crippen LogP contribution < -0.4 is 0 Å². The second-order valence-electron chi connectivity index (χ2n) is 4.35. The molecular weight excluding hydrogens is 319 g/mol. The highest BCUT2D eigenvalue weighted by Gasteiger charge is 2.22. The van der Waals surface area contributed by atoms with Crippen LogP contribution in [-0.4, -0.2) is 11.1 Å². The number of aliphatic carboxylic acids is 1. The molecule has 2 aromatic rings. The van der Waals surface area contributed by atoms with E-state index in [0.29, 0.717) is 26.2 Å². The largest absolute Gasteiger partial charge is 0.481 e. The summed E-state index contributed by atoms with van der Waals surface area (Å²) in [6, 6.07) is 11.9. The summed E-state index contributed by atoms with van der Waals surface area (Å²) in [5.41, 5.74) is 1.30. The maximum absolute atomic E-state index is 11.5. The molecule has 0 spiro atoms. The molecule has 1 N–H and O–H groups in total. The quantitative estimate of drug-likeness (QED) is 0.851. The van der Waals surface area contributed by atoms with Crippen LogP contribution in [0.1, 0.15) is 17.0 Å². The van der Waals surface area contributed by atoms with Gasteiger partial charge in [0.1, 0.15) is 0 Å². The topological polar surface area (TPSA) is 37.3 Å². The van der Waals surface area contributed by atoms with Crippen molar-refractivity contribution in [2.45, 2.75) is 12.3 Å². The third-order valence-corrected chi connectivity index (χ3v) is 4.00. The third kappa shape index (κ3) is 3.45. The summed E-state index contributed by atoms with van der Waals surface area (Å²) in [6.45, 7) is 0. The standard InChI is InChI=1S/C15H11Cl3O2/c16-10-6-4-9(5-7-10)11(15(19)20)8-12-13(17)2-1-3-14(12)18/h1-7,11H,8H2,(H,19,20). The van der Waals surface area contributed by atoms with Gasteiger partial charge < -0.3 is 5.11 Å². The minimum absolute atomic E-state index is 0.232. The molecule has 0 saturated carbocycles. The van der Waals surface area contributed by atoms with Crippen LogP contribution in [-0.2, 0) is 11.2 Å². The summed E-state index contributed by atoms with van der Waals surface area (Å²) in [5.74, 6) is -1.65. The zero-order chi connectivity index (χ0) is 14.7. The van der Waals surface area contributed by atoms with Crippen LogP contribution in [0.2, 0.25) is 15.1 Å². The van der Waals surface area contributed by atoms with E-state index < -0.39 is 11.9 Å². The highest BCUT2D eigenvalue weighted by Crippen LogP contribution is 2.31. The number of hydrogen-bond donors (Lipinski definition) is 1. The van der Waals surface area contributed by atoms with Gasteiger partial charge in [-0.25, -0.2) is 0 Å². The summed E-state index contributed by atoms with van der Waals surface area (Å²) < 4.78 is 0. The van der Waals surface area contributed by atoms with Crippen molar-refractivity contribution in [3.05, 3.63) is 68.7 Å². The number of rotatable bonds is 4. The van der Waals surface area contributed by atoms with Crippen LogP contribution >= 0.6 is 34.8 Å². The minimum atomic E-state index is -0.927. The number of hydrogen-bond acceptors (Lipinski definition) is 1. The van der Waals surface area contributed by atoms with Gasteiger partial charge in [-0.15, -0.1) is 0 Å². The van der Waals surface area contributed by atoms with Gasteiger partial charge in [0, 0.05) is 15.1 Å². The highest BCUT2D eigenvalue weighted by molar-refractivity contribution is 6.36. The van der Waals surface area contributed by atoms with E-state index in [1.54, 1.807) is 42.5 Å². The Morgan fingerprint density at radius 3 is 2.05 bits per heavy atom. The molecule has 1 atom stereocenters. The molecular formula is C15H11Cl3O2. The summed E-state index contributed by atoms with van der Waals surface area (Å²) in [7, 11) is 0. The minimum Gasteiger partial charge on any atom is -0.481 e. The van der Waals surface area contributed by atoms with E-state index in [9.17, 15) is 9.90 Å². The summed E-state index contributed by atoms with van der Waals surface area (Å²) >= 11 is 18.0. The van der Waals surface area contributed by atoms with Crippen LogP contribution in [0.3, 0.4) is 0 Å². The van der Waals surface area contributed by atoms with Gasteiger partial charge >= 0.3 is 5.97 Å². The van der Waals surface area contributed by atoms with E-state index in [4.69, 9.17) is 34.8 Å². The Labute approximate surface area is 131 Å². The van der Waals surface area contributed by atoms with Crippen molar-refractivity contribution in [2.75, 3.05) is 0 Å². The number of benzene rings is 2. The molecule has 0 aliphatic rings. The molecule has 0 amide bonds. The summed E-state index contributed by atoms with van der Waals surface area (Å²) in [4.78, 5) is 11.5. The first-order chi connectivity index (χ1) is 9.49. The van der Waals surface area contributed by atoms with Gasteiger partial charge in [0.2, 0.25) is 0 Å². The highest BCUT2D eigenvalue weighted by atomic mass is 35.5. The van der Waals surface area contributed by atoms with Gasteiger partial charge in [0.15, 0.2) is 0 Å². The van der Waals surface area contributed by atoms with Gasteiger partial charge in [-0.05, 0) is 41.8 Å². The molecule has 5 heteroatoms.